The van der Waals surface area contributed by atoms with Crippen LogP contribution in [0.4, 0.5) is 26.0 Å². The Bertz CT molecular complexity index is 1300. The quantitative estimate of drug-likeness (QED) is 0.256. The summed E-state index contributed by atoms with van der Waals surface area (Å²) in [7, 11) is 0. The van der Waals surface area contributed by atoms with Crippen LogP contribution in [0.3, 0.4) is 0 Å². The van der Waals surface area contributed by atoms with Gasteiger partial charge in [0.2, 0.25) is 11.8 Å². The molecule has 2 aromatic carbocycles. The van der Waals surface area contributed by atoms with Gasteiger partial charge in [0.05, 0.1) is 5.75 Å². The SMILES string of the molecule is NC(=O)c1ccc(NC(=O)CSc2nc(N)c(NC(=O)c3ccc(F)c(F)c3)c(=O)[nH]2)cc1. The van der Waals surface area contributed by atoms with E-state index in [1.165, 1.54) is 24.3 Å². The molecular formula is C20H16F2N6O4S. The molecule has 10 nitrogen and oxygen atoms in total. The molecule has 0 saturated heterocycles. The normalized spacial score (nSPS) is 10.5. The maximum absolute atomic E-state index is 13.3. The number of nitrogens with one attached hydrogen (secondary N) is 3. The number of anilines is 3. The van der Waals surface area contributed by atoms with Crippen molar-refractivity contribution >= 4 is 46.7 Å². The van der Waals surface area contributed by atoms with E-state index in [1.807, 2.05) is 0 Å². The smallest absolute Gasteiger partial charge is 0.277 e. The van der Waals surface area contributed by atoms with Gasteiger partial charge in [-0.25, -0.2) is 13.8 Å². The van der Waals surface area contributed by atoms with Gasteiger partial charge in [-0.05, 0) is 42.5 Å². The van der Waals surface area contributed by atoms with Crippen molar-refractivity contribution in [1.82, 2.24) is 9.97 Å². The first kappa shape index (κ1) is 23.4. The monoisotopic (exact) mass is 474 g/mol. The minimum absolute atomic E-state index is 0.0163. The van der Waals surface area contributed by atoms with E-state index in [9.17, 15) is 28.0 Å². The molecule has 3 aromatic rings. The first-order valence-electron chi connectivity index (χ1n) is 9.12. The van der Waals surface area contributed by atoms with Crippen LogP contribution in [0, 0.1) is 11.6 Å². The molecule has 0 fully saturated rings. The predicted molar refractivity (Wildman–Crippen MR) is 118 cm³/mol. The number of thioether (sulfide) groups is 1. The molecule has 13 heteroatoms. The number of hydrogen-bond donors (Lipinski definition) is 5. The van der Waals surface area contributed by atoms with E-state index < -0.39 is 34.9 Å². The Morgan fingerprint density at radius 1 is 1.00 bits per heavy atom. The van der Waals surface area contributed by atoms with Crippen LogP contribution in [0.2, 0.25) is 0 Å². The maximum Gasteiger partial charge on any atom is 0.277 e. The number of nitrogens with zero attached hydrogens (tertiary/aromatic N) is 1. The van der Waals surface area contributed by atoms with Crippen LogP contribution in [0.1, 0.15) is 20.7 Å². The number of aromatic amines is 1. The van der Waals surface area contributed by atoms with E-state index in [1.54, 1.807) is 0 Å². The van der Waals surface area contributed by atoms with Crippen molar-refractivity contribution in [2.45, 2.75) is 5.16 Å². The number of amides is 3. The second-order valence-electron chi connectivity index (χ2n) is 6.49. The molecule has 3 rings (SSSR count). The second kappa shape index (κ2) is 9.91. The Balaban J connectivity index is 1.62. The Kier molecular flexibility index (Phi) is 7.03. The van der Waals surface area contributed by atoms with Crippen LogP contribution in [0.15, 0.2) is 52.4 Å². The standard InChI is InChI=1S/C20H16F2N6O4S/c21-12-6-3-10(7-13(12)22)18(31)26-15-16(23)27-20(28-19(15)32)33-8-14(29)25-11-4-1-9(2-5-11)17(24)30/h1-7H,8H2,(H2,24,30)(H,25,29)(H,26,31)(H3,23,27,28,32). The number of carbonyl (C=O) groups excluding carboxylic acids is 3. The van der Waals surface area contributed by atoms with E-state index in [-0.39, 0.29) is 33.5 Å². The number of aromatic nitrogens is 2. The summed E-state index contributed by atoms with van der Waals surface area (Å²) < 4.78 is 26.3. The van der Waals surface area contributed by atoms with E-state index >= 15 is 0 Å². The molecule has 0 atom stereocenters. The largest absolute Gasteiger partial charge is 0.382 e. The fraction of sp³-hybridized carbons (Fsp3) is 0.0500. The summed E-state index contributed by atoms with van der Waals surface area (Å²) in [6, 6.07) is 8.41. The van der Waals surface area contributed by atoms with Gasteiger partial charge in [0.1, 0.15) is 5.69 Å². The van der Waals surface area contributed by atoms with E-state index in [0.717, 1.165) is 23.9 Å². The fourth-order valence-electron chi connectivity index (χ4n) is 2.53. The van der Waals surface area contributed by atoms with Gasteiger partial charge in [-0.15, -0.1) is 0 Å². The summed E-state index contributed by atoms with van der Waals surface area (Å²) in [6.07, 6.45) is 0. The van der Waals surface area contributed by atoms with Crippen molar-refractivity contribution in [2.24, 2.45) is 5.73 Å². The number of rotatable bonds is 7. The number of H-pyrrole nitrogens is 1. The molecule has 0 spiro atoms. The molecule has 7 N–H and O–H groups in total. The lowest BCUT2D eigenvalue weighted by Gasteiger charge is -2.09. The van der Waals surface area contributed by atoms with Crippen LogP contribution in [-0.4, -0.2) is 33.4 Å². The highest BCUT2D eigenvalue weighted by Crippen LogP contribution is 2.18. The van der Waals surface area contributed by atoms with Crippen LogP contribution < -0.4 is 27.7 Å². The summed E-state index contributed by atoms with van der Waals surface area (Å²) in [5.74, 6) is -4.74. The zero-order valence-electron chi connectivity index (χ0n) is 16.6. The predicted octanol–water partition coefficient (Wildman–Crippen LogP) is 1.71. The van der Waals surface area contributed by atoms with Crippen LogP contribution in [-0.2, 0) is 4.79 Å². The number of halogens is 2. The minimum atomic E-state index is -1.23. The summed E-state index contributed by atoms with van der Waals surface area (Å²) in [5.41, 5.74) is 10.2. The minimum Gasteiger partial charge on any atom is -0.382 e. The van der Waals surface area contributed by atoms with Crippen molar-refractivity contribution in [3.8, 4) is 0 Å². The number of hydrogen-bond acceptors (Lipinski definition) is 7. The zero-order chi connectivity index (χ0) is 24.1. The van der Waals surface area contributed by atoms with Gasteiger partial charge in [-0.2, -0.15) is 0 Å². The number of primary amides is 1. The van der Waals surface area contributed by atoms with Crippen LogP contribution in [0.5, 0.6) is 0 Å². The topological polar surface area (TPSA) is 173 Å². The average molecular weight is 474 g/mol. The van der Waals surface area contributed by atoms with E-state index in [0.29, 0.717) is 11.8 Å². The second-order valence-corrected chi connectivity index (χ2v) is 7.46. The van der Waals surface area contributed by atoms with Crippen LogP contribution in [0.25, 0.3) is 0 Å². The Labute approximate surface area is 188 Å². The third-order valence-corrected chi connectivity index (χ3v) is 5.01. The third kappa shape index (κ3) is 5.92. The maximum atomic E-state index is 13.3. The Hall–Kier alpha value is -4.26. The number of nitrogen functional groups attached to an aromatic ring is 1. The number of nitrogens with two attached hydrogens (primary N) is 2. The van der Waals surface area contributed by atoms with Gasteiger partial charge in [-0.3, -0.25) is 24.2 Å². The summed E-state index contributed by atoms with van der Waals surface area (Å²) in [4.78, 5) is 54.0. The number of benzene rings is 2. The van der Waals surface area contributed by atoms with Crippen molar-refractivity contribution in [3.63, 3.8) is 0 Å². The van der Waals surface area contributed by atoms with Gasteiger partial charge >= 0.3 is 0 Å². The van der Waals surface area contributed by atoms with Gasteiger partial charge < -0.3 is 22.1 Å². The first-order chi connectivity index (χ1) is 15.6. The van der Waals surface area contributed by atoms with Gasteiger partial charge in [0.25, 0.3) is 11.5 Å². The lowest BCUT2D eigenvalue weighted by molar-refractivity contribution is -0.113. The summed E-state index contributed by atoms with van der Waals surface area (Å²) in [6.45, 7) is 0. The molecule has 170 valence electrons. The Morgan fingerprint density at radius 3 is 2.27 bits per heavy atom. The third-order valence-electron chi connectivity index (χ3n) is 4.14. The molecular weight excluding hydrogens is 458 g/mol. The molecule has 0 aliphatic heterocycles. The summed E-state index contributed by atoms with van der Waals surface area (Å²) >= 11 is 0.875. The molecule has 0 aliphatic rings. The lowest BCUT2D eigenvalue weighted by atomic mass is 10.2. The molecule has 0 radical (unpaired) electrons. The molecule has 3 amide bonds. The molecule has 0 unspecified atom stereocenters. The highest BCUT2D eigenvalue weighted by atomic mass is 32.2. The molecule has 1 aromatic heterocycles. The van der Waals surface area contributed by atoms with E-state index in [4.69, 9.17) is 11.5 Å². The van der Waals surface area contributed by atoms with E-state index in [2.05, 4.69) is 20.6 Å². The molecule has 0 bridgehead atoms. The van der Waals surface area contributed by atoms with Crippen molar-refractivity contribution in [1.29, 1.82) is 0 Å². The molecule has 0 aliphatic carbocycles. The van der Waals surface area contributed by atoms with Crippen molar-refractivity contribution in [2.75, 3.05) is 22.1 Å². The van der Waals surface area contributed by atoms with Crippen LogP contribution >= 0.6 is 11.8 Å². The van der Waals surface area contributed by atoms with Gasteiger partial charge in [0, 0.05) is 16.8 Å². The molecule has 33 heavy (non-hydrogen) atoms. The first-order valence-corrected chi connectivity index (χ1v) is 10.1. The Morgan fingerprint density at radius 2 is 1.67 bits per heavy atom. The van der Waals surface area contributed by atoms with Gasteiger partial charge in [-0.1, -0.05) is 11.8 Å². The summed E-state index contributed by atoms with van der Waals surface area (Å²) in [5, 5.41) is 4.81. The van der Waals surface area contributed by atoms with Crippen molar-refractivity contribution < 1.29 is 23.2 Å². The fourth-order valence-corrected chi connectivity index (χ4v) is 3.20. The highest BCUT2D eigenvalue weighted by Gasteiger charge is 2.16. The van der Waals surface area contributed by atoms with Gasteiger partial charge in [0.15, 0.2) is 22.6 Å². The highest BCUT2D eigenvalue weighted by molar-refractivity contribution is 7.99. The molecule has 1 heterocycles. The molecule has 0 saturated carbocycles. The van der Waals surface area contributed by atoms with Crippen molar-refractivity contribution in [3.05, 3.63) is 75.6 Å². The average Bonchev–Trinajstić information content (AvgIpc) is 2.77. The number of carbonyl (C=O) groups is 3. The lowest BCUT2D eigenvalue weighted by Crippen LogP contribution is -2.23. The zero-order valence-corrected chi connectivity index (χ0v) is 17.5.